The number of pyridine rings is 1. The summed E-state index contributed by atoms with van der Waals surface area (Å²) in [7, 11) is 0. The molecule has 1 N–H and O–H groups in total. The van der Waals surface area contributed by atoms with Crippen molar-refractivity contribution in [1.82, 2.24) is 14.8 Å². The predicted molar refractivity (Wildman–Crippen MR) is 102 cm³/mol. The third-order valence-electron chi connectivity index (χ3n) is 4.72. The second-order valence-corrected chi connectivity index (χ2v) is 6.63. The van der Waals surface area contributed by atoms with Gasteiger partial charge in [-0.15, -0.1) is 0 Å². The van der Waals surface area contributed by atoms with Gasteiger partial charge in [0.25, 0.3) is 5.69 Å². The second kappa shape index (κ2) is 8.70. The van der Waals surface area contributed by atoms with Crippen LogP contribution in [-0.4, -0.2) is 58.3 Å². The van der Waals surface area contributed by atoms with Gasteiger partial charge in [0.2, 0.25) is 5.91 Å². The first-order valence-electron chi connectivity index (χ1n) is 8.91. The van der Waals surface area contributed by atoms with Crippen LogP contribution >= 0.6 is 0 Å². The van der Waals surface area contributed by atoms with E-state index in [0.29, 0.717) is 11.3 Å². The van der Waals surface area contributed by atoms with Crippen LogP contribution < -0.4 is 5.32 Å². The number of amides is 1. The lowest BCUT2D eigenvalue weighted by atomic mass is 10.1. The minimum absolute atomic E-state index is 0.0101. The minimum Gasteiger partial charge on any atom is -0.324 e. The number of aromatic nitrogens is 1. The summed E-state index contributed by atoms with van der Waals surface area (Å²) in [6.45, 7) is 6.08. The highest BCUT2D eigenvalue weighted by atomic mass is 16.6. The van der Waals surface area contributed by atoms with Crippen LogP contribution in [-0.2, 0) is 11.3 Å². The van der Waals surface area contributed by atoms with Crippen LogP contribution in [0, 0.1) is 17.0 Å². The lowest BCUT2D eigenvalue weighted by Gasteiger charge is -2.34. The quantitative estimate of drug-likeness (QED) is 0.619. The van der Waals surface area contributed by atoms with Crippen molar-refractivity contribution in [2.75, 3.05) is 38.0 Å². The van der Waals surface area contributed by atoms with Gasteiger partial charge >= 0.3 is 0 Å². The van der Waals surface area contributed by atoms with Crippen LogP contribution in [0.4, 0.5) is 11.4 Å². The van der Waals surface area contributed by atoms with Gasteiger partial charge in [-0.25, -0.2) is 0 Å². The maximum atomic E-state index is 12.3. The zero-order valence-electron chi connectivity index (χ0n) is 15.3. The number of carbonyl (C=O) groups excluding carboxylic acids is 1. The molecular weight excluding hydrogens is 346 g/mol. The van der Waals surface area contributed by atoms with Gasteiger partial charge < -0.3 is 5.32 Å². The molecule has 0 aliphatic carbocycles. The summed E-state index contributed by atoms with van der Waals surface area (Å²) < 4.78 is 0. The summed E-state index contributed by atoms with van der Waals surface area (Å²) >= 11 is 0. The van der Waals surface area contributed by atoms with Gasteiger partial charge in [0, 0.05) is 45.0 Å². The fourth-order valence-electron chi connectivity index (χ4n) is 3.18. The molecule has 8 heteroatoms. The molecule has 1 aromatic heterocycles. The molecule has 0 bridgehead atoms. The molecule has 2 aromatic rings. The Morgan fingerprint density at radius 2 is 1.89 bits per heavy atom. The van der Waals surface area contributed by atoms with Crippen LogP contribution in [0.5, 0.6) is 0 Å². The topological polar surface area (TPSA) is 91.6 Å². The highest BCUT2D eigenvalue weighted by Crippen LogP contribution is 2.25. The van der Waals surface area contributed by atoms with Gasteiger partial charge in [-0.05, 0) is 25.1 Å². The molecule has 1 fully saturated rings. The normalized spacial score (nSPS) is 15.4. The summed E-state index contributed by atoms with van der Waals surface area (Å²) in [5.74, 6) is -0.156. The number of carbonyl (C=O) groups is 1. The van der Waals surface area contributed by atoms with Crippen LogP contribution in [0.3, 0.4) is 0 Å². The van der Waals surface area contributed by atoms with Crippen molar-refractivity contribution in [3.8, 4) is 0 Å². The van der Waals surface area contributed by atoms with Gasteiger partial charge in [-0.3, -0.25) is 29.7 Å². The Hall–Kier alpha value is -2.84. The Kier molecular flexibility index (Phi) is 6.10. The van der Waals surface area contributed by atoms with Crippen LogP contribution in [0.2, 0.25) is 0 Å². The van der Waals surface area contributed by atoms with Gasteiger partial charge in [0.1, 0.15) is 0 Å². The molecule has 0 radical (unpaired) electrons. The van der Waals surface area contributed by atoms with E-state index in [0.717, 1.165) is 38.4 Å². The monoisotopic (exact) mass is 369 g/mol. The summed E-state index contributed by atoms with van der Waals surface area (Å²) in [5, 5.41) is 13.8. The van der Waals surface area contributed by atoms with Crippen molar-refractivity contribution in [3.05, 3.63) is 64.0 Å². The lowest BCUT2D eigenvalue weighted by molar-refractivity contribution is -0.385. The van der Waals surface area contributed by atoms with Gasteiger partial charge in [-0.2, -0.15) is 0 Å². The fraction of sp³-hybridized carbons (Fsp3) is 0.368. The maximum absolute atomic E-state index is 12.3. The first kappa shape index (κ1) is 18.9. The molecule has 1 aliphatic rings. The lowest BCUT2D eigenvalue weighted by Crippen LogP contribution is -2.48. The van der Waals surface area contributed by atoms with E-state index in [1.165, 1.54) is 6.07 Å². The van der Waals surface area contributed by atoms with Crippen molar-refractivity contribution in [2.45, 2.75) is 13.5 Å². The highest BCUT2D eigenvalue weighted by Gasteiger charge is 2.20. The van der Waals surface area contributed by atoms with Gasteiger partial charge in [0.05, 0.1) is 28.4 Å². The number of nitro groups is 1. The molecule has 1 aliphatic heterocycles. The summed E-state index contributed by atoms with van der Waals surface area (Å²) in [5.41, 5.74) is 2.01. The largest absolute Gasteiger partial charge is 0.324 e. The number of hydrogen-bond acceptors (Lipinski definition) is 6. The Balaban J connectivity index is 1.49. The molecule has 1 saturated heterocycles. The zero-order chi connectivity index (χ0) is 19.2. The van der Waals surface area contributed by atoms with E-state index in [-0.39, 0.29) is 18.1 Å². The number of piperazine rings is 1. The molecule has 142 valence electrons. The molecule has 0 saturated carbocycles. The Morgan fingerprint density at radius 1 is 1.15 bits per heavy atom. The number of anilines is 1. The molecule has 0 spiro atoms. The van der Waals surface area contributed by atoms with E-state index in [2.05, 4.69) is 20.1 Å². The number of nitrogens with zero attached hydrogens (tertiary/aromatic N) is 4. The average Bonchev–Trinajstić information content (AvgIpc) is 2.65. The smallest absolute Gasteiger partial charge is 0.274 e. The van der Waals surface area contributed by atoms with Crippen molar-refractivity contribution in [1.29, 1.82) is 0 Å². The van der Waals surface area contributed by atoms with Crippen molar-refractivity contribution >= 4 is 17.3 Å². The Morgan fingerprint density at radius 3 is 2.56 bits per heavy atom. The molecule has 1 aromatic carbocycles. The summed E-state index contributed by atoms with van der Waals surface area (Å²) in [6, 6.07) is 10.6. The Bertz CT molecular complexity index is 804. The number of hydrogen-bond donors (Lipinski definition) is 1. The molecule has 0 unspecified atom stereocenters. The molecule has 27 heavy (non-hydrogen) atoms. The number of benzene rings is 1. The molecule has 2 heterocycles. The first-order valence-corrected chi connectivity index (χ1v) is 8.91. The standard InChI is InChI=1S/C19H23N5O3/c1-15-17(6-4-7-18(15)24(26)27)21-19(25)14-23-11-9-22(10-12-23)13-16-5-2-3-8-20-16/h2-8H,9-14H2,1H3,(H,21,25). The van der Waals surface area contributed by atoms with Gasteiger partial charge in [0.15, 0.2) is 0 Å². The van der Waals surface area contributed by atoms with E-state index in [9.17, 15) is 14.9 Å². The average molecular weight is 369 g/mol. The van der Waals surface area contributed by atoms with E-state index < -0.39 is 4.92 Å². The molecule has 8 nitrogen and oxygen atoms in total. The third-order valence-corrected chi connectivity index (χ3v) is 4.72. The summed E-state index contributed by atoms with van der Waals surface area (Å²) in [4.78, 5) is 31.7. The fourth-order valence-corrected chi connectivity index (χ4v) is 3.18. The van der Waals surface area contributed by atoms with E-state index >= 15 is 0 Å². The van der Waals surface area contributed by atoms with Crippen molar-refractivity contribution in [3.63, 3.8) is 0 Å². The van der Waals surface area contributed by atoms with E-state index in [1.54, 1.807) is 25.3 Å². The second-order valence-electron chi connectivity index (χ2n) is 6.63. The molecule has 3 rings (SSSR count). The van der Waals surface area contributed by atoms with E-state index in [4.69, 9.17) is 0 Å². The van der Waals surface area contributed by atoms with Crippen molar-refractivity contribution in [2.24, 2.45) is 0 Å². The predicted octanol–water partition coefficient (Wildman–Crippen LogP) is 2.05. The number of rotatable bonds is 6. The Labute approximate surface area is 158 Å². The molecular formula is C19H23N5O3. The van der Waals surface area contributed by atoms with Crippen LogP contribution in [0.15, 0.2) is 42.6 Å². The SMILES string of the molecule is Cc1c(NC(=O)CN2CCN(Cc3ccccn3)CC2)cccc1[N+](=O)[O-]. The van der Waals surface area contributed by atoms with Crippen LogP contribution in [0.1, 0.15) is 11.3 Å². The third kappa shape index (κ3) is 5.08. The van der Waals surface area contributed by atoms with Gasteiger partial charge in [-0.1, -0.05) is 12.1 Å². The number of nitro benzene ring substituents is 1. The van der Waals surface area contributed by atoms with Crippen LogP contribution in [0.25, 0.3) is 0 Å². The maximum Gasteiger partial charge on any atom is 0.274 e. The summed E-state index contributed by atoms with van der Waals surface area (Å²) in [6.07, 6.45) is 1.80. The number of nitrogens with one attached hydrogen (secondary N) is 1. The molecule has 0 atom stereocenters. The zero-order valence-corrected chi connectivity index (χ0v) is 15.3. The van der Waals surface area contributed by atoms with Crippen molar-refractivity contribution < 1.29 is 9.72 Å². The highest BCUT2D eigenvalue weighted by molar-refractivity contribution is 5.93. The molecule has 1 amide bonds. The minimum atomic E-state index is -0.439. The van der Waals surface area contributed by atoms with E-state index in [1.807, 2.05) is 18.2 Å². The first-order chi connectivity index (χ1) is 13.0.